The summed E-state index contributed by atoms with van der Waals surface area (Å²) in [5.41, 5.74) is 1.20. The van der Waals surface area contributed by atoms with Crippen molar-refractivity contribution in [2.75, 3.05) is 30.4 Å². The van der Waals surface area contributed by atoms with E-state index in [9.17, 15) is 15.2 Å². The fourth-order valence-corrected chi connectivity index (χ4v) is 2.98. The van der Waals surface area contributed by atoms with Gasteiger partial charge in [-0.2, -0.15) is 0 Å². The quantitative estimate of drug-likeness (QED) is 0.617. The van der Waals surface area contributed by atoms with Crippen LogP contribution in [0.5, 0.6) is 0 Å². The molecule has 0 saturated heterocycles. The van der Waals surface area contributed by atoms with Gasteiger partial charge in [0.25, 0.3) is 0 Å². The Balaban J connectivity index is 2.43. The van der Waals surface area contributed by atoms with Gasteiger partial charge in [0.05, 0.1) is 11.5 Å². The number of hydrogen-bond donors (Lipinski definition) is 2. The number of rotatable bonds is 6. The Bertz CT molecular complexity index is 473. The minimum atomic E-state index is -0.347. The lowest BCUT2D eigenvalue weighted by molar-refractivity contribution is -0.383. The fourth-order valence-electron chi connectivity index (χ4n) is 2.98. The summed E-state index contributed by atoms with van der Waals surface area (Å²) in [7, 11) is 1.68. The average molecular weight is 279 g/mol. The van der Waals surface area contributed by atoms with Crippen LogP contribution in [0.4, 0.5) is 17.1 Å². The summed E-state index contributed by atoms with van der Waals surface area (Å²) in [6.45, 7) is 0.427. The van der Waals surface area contributed by atoms with Crippen LogP contribution in [0.1, 0.15) is 25.7 Å². The molecule has 6 heteroatoms. The molecule has 0 aliphatic heterocycles. The normalized spacial score (nSPS) is 15.3. The first-order chi connectivity index (χ1) is 9.69. The van der Waals surface area contributed by atoms with Crippen LogP contribution in [0.3, 0.4) is 0 Å². The van der Waals surface area contributed by atoms with Crippen molar-refractivity contribution in [1.29, 1.82) is 0 Å². The van der Waals surface area contributed by atoms with Crippen molar-refractivity contribution in [2.45, 2.75) is 31.7 Å². The van der Waals surface area contributed by atoms with Crippen LogP contribution in [-0.2, 0) is 0 Å². The smallest absolute Gasteiger partial charge is 0.315 e. The summed E-state index contributed by atoms with van der Waals surface area (Å²) < 4.78 is 0. The SMILES string of the molecule is CNc1cccc(N(CCO)C2CCCC2)c1[N+](=O)[O-]. The second kappa shape index (κ2) is 6.56. The van der Waals surface area contributed by atoms with Crippen LogP contribution >= 0.6 is 0 Å². The van der Waals surface area contributed by atoms with E-state index in [4.69, 9.17) is 0 Å². The summed E-state index contributed by atoms with van der Waals surface area (Å²) in [6, 6.07) is 5.57. The number of nitro groups is 1. The lowest BCUT2D eigenvalue weighted by Crippen LogP contribution is -2.36. The second-order valence-corrected chi connectivity index (χ2v) is 5.04. The summed E-state index contributed by atoms with van der Waals surface area (Å²) in [5, 5.41) is 23.6. The van der Waals surface area contributed by atoms with Crippen molar-refractivity contribution >= 4 is 17.1 Å². The highest BCUT2D eigenvalue weighted by molar-refractivity contribution is 5.77. The molecule has 0 bridgehead atoms. The largest absolute Gasteiger partial charge is 0.395 e. The standard InChI is InChI=1S/C14H21N3O3/c1-15-12-7-4-8-13(14(12)17(19)20)16(9-10-18)11-5-2-3-6-11/h4,7-8,11,15,18H,2-3,5-6,9-10H2,1H3. The van der Waals surface area contributed by atoms with Crippen LogP contribution in [0.25, 0.3) is 0 Å². The third-order valence-electron chi connectivity index (χ3n) is 3.88. The predicted octanol–water partition coefficient (Wildman–Crippen LogP) is 2.38. The average Bonchev–Trinajstić information content (AvgIpc) is 2.97. The lowest BCUT2D eigenvalue weighted by atomic mass is 10.1. The molecule has 1 fully saturated rings. The molecule has 1 aromatic rings. The van der Waals surface area contributed by atoms with Gasteiger partial charge in [0.15, 0.2) is 0 Å². The van der Waals surface area contributed by atoms with Crippen molar-refractivity contribution in [2.24, 2.45) is 0 Å². The van der Waals surface area contributed by atoms with Crippen molar-refractivity contribution < 1.29 is 10.0 Å². The summed E-state index contributed by atoms with van der Waals surface area (Å²) >= 11 is 0. The number of nitrogens with zero attached hydrogens (tertiary/aromatic N) is 2. The number of hydrogen-bond acceptors (Lipinski definition) is 5. The molecule has 20 heavy (non-hydrogen) atoms. The van der Waals surface area contributed by atoms with Gasteiger partial charge in [0.2, 0.25) is 0 Å². The van der Waals surface area contributed by atoms with Crippen molar-refractivity contribution in [3.05, 3.63) is 28.3 Å². The second-order valence-electron chi connectivity index (χ2n) is 5.04. The van der Waals surface area contributed by atoms with E-state index in [0.717, 1.165) is 25.7 Å². The zero-order valence-electron chi connectivity index (χ0n) is 11.7. The number of benzene rings is 1. The maximum absolute atomic E-state index is 11.4. The highest BCUT2D eigenvalue weighted by Crippen LogP contribution is 2.38. The molecule has 0 aromatic heterocycles. The number of nitrogens with one attached hydrogen (secondary N) is 1. The van der Waals surface area contributed by atoms with E-state index in [1.54, 1.807) is 19.2 Å². The highest BCUT2D eigenvalue weighted by Gasteiger charge is 2.29. The van der Waals surface area contributed by atoms with Crippen molar-refractivity contribution in [1.82, 2.24) is 0 Å². The van der Waals surface area contributed by atoms with Gasteiger partial charge >= 0.3 is 5.69 Å². The van der Waals surface area contributed by atoms with E-state index in [1.165, 1.54) is 0 Å². The first kappa shape index (κ1) is 14.6. The monoisotopic (exact) mass is 279 g/mol. The van der Waals surface area contributed by atoms with Gasteiger partial charge < -0.3 is 15.3 Å². The first-order valence-corrected chi connectivity index (χ1v) is 7.01. The zero-order valence-corrected chi connectivity index (χ0v) is 11.7. The first-order valence-electron chi connectivity index (χ1n) is 7.01. The molecule has 2 rings (SSSR count). The molecule has 1 saturated carbocycles. The Morgan fingerprint density at radius 2 is 2.15 bits per heavy atom. The minimum absolute atomic E-state index is 0.00254. The number of anilines is 2. The minimum Gasteiger partial charge on any atom is -0.395 e. The molecule has 110 valence electrons. The number of aliphatic hydroxyl groups is 1. The molecule has 0 heterocycles. The number of para-hydroxylation sites is 1. The van der Waals surface area contributed by atoms with Gasteiger partial charge in [-0.1, -0.05) is 18.9 Å². The zero-order chi connectivity index (χ0) is 14.5. The predicted molar refractivity (Wildman–Crippen MR) is 79.3 cm³/mol. The Labute approximate surface area is 118 Å². The third-order valence-corrected chi connectivity index (χ3v) is 3.88. The van der Waals surface area contributed by atoms with Crippen LogP contribution in [0.15, 0.2) is 18.2 Å². The van der Waals surface area contributed by atoms with E-state index >= 15 is 0 Å². The number of aliphatic hydroxyl groups excluding tert-OH is 1. The molecule has 0 amide bonds. The maximum atomic E-state index is 11.4. The van der Waals surface area contributed by atoms with Gasteiger partial charge in [-0.3, -0.25) is 10.1 Å². The van der Waals surface area contributed by atoms with Crippen LogP contribution in [0.2, 0.25) is 0 Å². The van der Waals surface area contributed by atoms with Crippen LogP contribution in [-0.4, -0.2) is 36.3 Å². The summed E-state index contributed by atoms with van der Waals surface area (Å²) in [6.07, 6.45) is 4.35. The van der Waals surface area contributed by atoms with E-state index in [1.807, 2.05) is 11.0 Å². The molecule has 6 nitrogen and oxygen atoms in total. The molecule has 1 aliphatic rings. The van der Waals surface area contributed by atoms with E-state index < -0.39 is 0 Å². The van der Waals surface area contributed by atoms with E-state index in [-0.39, 0.29) is 23.3 Å². The molecule has 0 unspecified atom stereocenters. The molecule has 0 spiro atoms. The summed E-state index contributed by atoms with van der Waals surface area (Å²) in [5.74, 6) is 0. The fraction of sp³-hybridized carbons (Fsp3) is 0.571. The Hall–Kier alpha value is -1.82. The van der Waals surface area contributed by atoms with Gasteiger partial charge in [0.1, 0.15) is 11.4 Å². The topological polar surface area (TPSA) is 78.6 Å². The van der Waals surface area contributed by atoms with Crippen LogP contribution in [0, 0.1) is 10.1 Å². The van der Waals surface area contributed by atoms with Crippen molar-refractivity contribution in [3.63, 3.8) is 0 Å². The molecular formula is C14H21N3O3. The molecule has 0 radical (unpaired) electrons. The van der Waals surface area contributed by atoms with Gasteiger partial charge in [-0.15, -0.1) is 0 Å². The Morgan fingerprint density at radius 3 is 2.70 bits per heavy atom. The van der Waals surface area contributed by atoms with E-state index in [0.29, 0.717) is 17.9 Å². The molecule has 1 aromatic carbocycles. The highest BCUT2D eigenvalue weighted by atomic mass is 16.6. The van der Waals surface area contributed by atoms with Gasteiger partial charge in [0, 0.05) is 19.6 Å². The molecule has 2 N–H and O–H groups in total. The Kier molecular flexibility index (Phi) is 4.79. The van der Waals surface area contributed by atoms with Gasteiger partial charge in [-0.05, 0) is 25.0 Å². The van der Waals surface area contributed by atoms with Crippen molar-refractivity contribution in [3.8, 4) is 0 Å². The van der Waals surface area contributed by atoms with Crippen LogP contribution < -0.4 is 10.2 Å². The Morgan fingerprint density at radius 1 is 1.45 bits per heavy atom. The summed E-state index contributed by atoms with van der Waals surface area (Å²) in [4.78, 5) is 13.0. The lowest BCUT2D eigenvalue weighted by Gasteiger charge is -2.30. The molecular weight excluding hydrogens is 258 g/mol. The number of nitro benzene ring substituents is 1. The van der Waals surface area contributed by atoms with Gasteiger partial charge in [-0.25, -0.2) is 0 Å². The third kappa shape index (κ3) is 2.85. The maximum Gasteiger partial charge on any atom is 0.315 e. The van der Waals surface area contributed by atoms with E-state index in [2.05, 4.69) is 5.32 Å². The molecule has 0 atom stereocenters. The molecule has 1 aliphatic carbocycles.